The van der Waals surface area contributed by atoms with Gasteiger partial charge in [0.05, 0.1) is 7.11 Å². The van der Waals surface area contributed by atoms with Crippen LogP contribution in [-0.2, 0) is 6.42 Å². The van der Waals surface area contributed by atoms with Gasteiger partial charge in [-0.2, -0.15) is 4.98 Å². The molecule has 2 rings (SSSR count). The summed E-state index contributed by atoms with van der Waals surface area (Å²) in [6.45, 7) is 2.07. The molecule has 1 aromatic carbocycles. The highest BCUT2D eigenvalue weighted by Crippen LogP contribution is 2.19. The Labute approximate surface area is 130 Å². The number of benzene rings is 1. The topological polar surface area (TPSA) is 60.2 Å². The van der Waals surface area contributed by atoms with E-state index in [1.807, 2.05) is 37.4 Å². The van der Waals surface area contributed by atoms with Gasteiger partial charge >= 0.3 is 0 Å². The minimum atomic E-state index is 0. The smallest absolute Gasteiger partial charge is 0.250 e. The molecule has 5 nitrogen and oxygen atoms in total. The van der Waals surface area contributed by atoms with Gasteiger partial charge in [-0.1, -0.05) is 23.4 Å². The molecule has 6 heteroatoms. The van der Waals surface area contributed by atoms with Crippen LogP contribution in [-0.4, -0.2) is 30.3 Å². The predicted octanol–water partition coefficient (Wildman–Crippen LogP) is 2.82. The summed E-state index contributed by atoms with van der Waals surface area (Å²) >= 11 is 0. The maximum absolute atomic E-state index is 5.28. The van der Waals surface area contributed by atoms with Crippen LogP contribution in [0, 0.1) is 0 Å². The van der Waals surface area contributed by atoms with E-state index in [0.29, 0.717) is 17.8 Å². The van der Waals surface area contributed by atoms with Gasteiger partial charge < -0.3 is 14.6 Å². The largest absolute Gasteiger partial charge is 0.496 e. The van der Waals surface area contributed by atoms with Crippen LogP contribution in [0.2, 0.25) is 0 Å². The van der Waals surface area contributed by atoms with E-state index in [4.69, 9.17) is 9.26 Å². The van der Waals surface area contributed by atoms with Crippen molar-refractivity contribution in [2.75, 3.05) is 14.2 Å². The van der Waals surface area contributed by atoms with Gasteiger partial charge in [0.15, 0.2) is 5.82 Å². The zero-order valence-corrected chi connectivity index (χ0v) is 13.2. The van der Waals surface area contributed by atoms with Gasteiger partial charge in [0.1, 0.15) is 5.75 Å². The Morgan fingerprint density at radius 1 is 1.33 bits per heavy atom. The summed E-state index contributed by atoms with van der Waals surface area (Å²) in [5.74, 6) is 2.01. The molecule has 1 aromatic heterocycles. The monoisotopic (exact) mass is 309 g/mol. The Morgan fingerprint density at radius 3 is 2.81 bits per heavy atom. The van der Waals surface area contributed by atoms with Crippen molar-refractivity contribution in [1.82, 2.24) is 15.5 Å². The van der Waals surface area contributed by atoms with Gasteiger partial charge in [-0.15, -0.1) is 12.4 Å². The molecular weight excluding hydrogens is 290 g/mol. The molecule has 0 bridgehead atoms. The SMILES string of the molecule is CNC(C)Cc1noc(/C=C/c2ccccc2OC)n1.Cl. The second-order valence-corrected chi connectivity index (χ2v) is 4.52. The molecule has 2 aromatic rings. The van der Waals surface area contributed by atoms with Crippen LogP contribution in [0.25, 0.3) is 12.2 Å². The molecule has 114 valence electrons. The normalized spacial score (nSPS) is 12.1. The number of hydrogen-bond acceptors (Lipinski definition) is 5. The summed E-state index contributed by atoms with van der Waals surface area (Å²) < 4.78 is 10.5. The Balaban J connectivity index is 0.00000220. The Hall–Kier alpha value is -1.85. The molecule has 1 unspecified atom stereocenters. The van der Waals surface area contributed by atoms with E-state index < -0.39 is 0 Å². The van der Waals surface area contributed by atoms with Gasteiger partial charge in [-0.05, 0) is 26.1 Å². The molecule has 0 amide bonds. The molecule has 0 spiro atoms. The number of rotatable bonds is 6. The van der Waals surface area contributed by atoms with E-state index in [-0.39, 0.29) is 12.4 Å². The summed E-state index contributed by atoms with van der Waals surface area (Å²) in [4.78, 5) is 4.32. The molecule has 1 N–H and O–H groups in total. The number of nitrogens with zero attached hydrogens (tertiary/aromatic N) is 2. The van der Waals surface area contributed by atoms with Crippen molar-refractivity contribution in [2.24, 2.45) is 0 Å². The lowest BCUT2D eigenvalue weighted by molar-refractivity contribution is 0.400. The second kappa shape index (κ2) is 8.44. The van der Waals surface area contributed by atoms with Crippen molar-refractivity contribution in [1.29, 1.82) is 0 Å². The number of methoxy groups -OCH3 is 1. The minimum Gasteiger partial charge on any atom is -0.496 e. The maximum Gasteiger partial charge on any atom is 0.250 e. The average molecular weight is 310 g/mol. The molecule has 0 fully saturated rings. The molecule has 0 aliphatic heterocycles. The average Bonchev–Trinajstić information content (AvgIpc) is 2.92. The van der Waals surface area contributed by atoms with Crippen LogP contribution in [0.5, 0.6) is 5.75 Å². The van der Waals surface area contributed by atoms with Crippen LogP contribution in [0.3, 0.4) is 0 Å². The number of nitrogens with one attached hydrogen (secondary N) is 1. The summed E-state index contributed by atoms with van der Waals surface area (Å²) in [5, 5.41) is 7.09. The molecule has 0 aliphatic rings. The Kier molecular flexibility index (Phi) is 6.91. The fraction of sp³-hybridized carbons (Fsp3) is 0.333. The molecule has 0 aliphatic carbocycles. The summed E-state index contributed by atoms with van der Waals surface area (Å²) in [5.41, 5.74) is 0.971. The molecule has 1 atom stereocenters. The number of aromatic nitrogens is 2. The minimum absolute atomic E-state index is 0. The first-order valence-electron chi connectivity index (χ1n) is 6.54. The first kappa shape index (κ1) is 17.2. The van der Waals surface area contributed by atoms with Crippen molar-refractivity contribution in [3.63, 3.8) is 0 Å². The van der Waals surface area contributed by atoms with Gasteiger partial charge in [-0.3, -0.25) is 0 Å². The van der Waals surface area contributed by atoms with E-state index in [2.05, 4.69) is 22.4 Å². The summed E-state index contributed by atoms with van der Waals surface area (Å²) in [6.07, 6.45) is 4.43. The van der Waals surface area contributed by atoms with Gasteiger partial charge in [-0.25, -0.2) is 0 Å². The quantitative estimate of drug-likeness (QED) is 0.889. The van der Waals surface area contributed by atoms with E-state index >= 15 is 0 Å². The maximum atomic E-state index is 5.28. The lowest BCUT2D eigenvalue weighted by Gasteiger charge is -2.04. The lowest BCUT2D eigenvalue weighted by Crippen LogP contribution is -2.24. The molecule has 0 radical (unpaired) electrons. The first-order chi connectivity index (χ1) is 9.72. The number of para-hydroxylation sites is 1. The zero-order valence-electron chi connectivity index (χ0n) is 12.4. The van der Waals surface area contributed by atoms with Crippen LogP contribution in [0.15, 0.2) is 28.8 Å². The highest BCUT2D eigenvalue weighted by molar-refractivity contribution is 5.85. The molecule has 1 heterocycles. The van der Waals surface area contributed by atoms with Crippen molar-refractivity contribution >= 4 is 24.6 Å². The fourth-order valence-corrected chi connectivity index (χ4v) is 1.76. The fourth-order valence-electron chi connectivity index (χ4n) is 1.76. The number of hydrogen-bond donors (Lipinski definition) is 1. The summed E-state index contributed by atoms with van der Waals surface area (Å²) in [7, 11) is 3.56. The van der Waals surface area contributed by atoms with Crippen molar-refractivity contribution in [3.8, 4) is 5.75 Å². The third kappa shape index (κ3) is 4.88. The lowest BCUT2D eigenvalue weighted by atomic mass is 10.2. The first-order valence-corrected chi connectivity index (χ1v) is 6.54. The number of ether oxygens (including phenoxy) is 1. The standard InChI is InChI=1S/C15H19N3O2.ClH/c1-11(16-2)10-14-17-15(20-18-14)9-8-12-6-4-5-7-13(12)19-3;/h4-9,11,16H,10H2,1-3H3;1H/b9-8+;. The Bertz CT molecular complexity index is 584. The summed E-state index contributed by atoms with van der Waals surface area (Å²) in [6, 6.07) is 8.08. The van der Waals surface area contributed by atoms with E-state index in [0.717, 1.165) is 17.7 Å². The third-order valence-electron chi connectivity index (χ3n) is 3.01. The Morgan fingerprint density at radius 2 is 2.10 bits per heavy atom. The second-order valence-electron chi connectivity index (χ2n) is 4.52. The highest BCUT2D eigenvalue weighted by Gasteiger charge is 2.07. The van der Waals surface area contributed by atoms with Crippen LogP contribution >= 0.6 is 12.4 Å². The molecule has 21 heavy (non-hydrogen) atoms. The van der Waals surface area contributed by atoms with Crippen LogP contribution in [0.4, 0.5) is 0 Å². The van der Waals surface area contributed by atoms with Crippen molar-refractivity contribution in [3.05, 3.63) is 41.5 Å². The third-order valence-corrected chi connectivity index (χ3v) is 3.01. The van der Waals surface area contributed by atoms with Gasteiger partial charge in [0.25, 0.3) is 5.89 Å². The van der Waals surface area contributed by atoms with Gasteiger partial charge in [0.2, 0.25) is 0 Å². The molecular formula is C15H20ClN3O2. The van der Waals surface area contributed by atoms with E-state index in [9.17, 15) is 0 Å². The zero-order chi connectivity index (χ0) is 14.4. The van der Waals surface area contributed by atoms with Crippen molar-refractivity contribution in [2.45, 2.75) is 19.4 Å². The van der Waals surface area contributed by atoms with Crippen LogP contribution < -0.4 is 10.1 Å². The predicted molar refractivity (Wildman–Crippen MR) is 85.7 cm³/mol. The van der Waals surface area contributed by atoms with Crippen molar-refractivity contribution < 1.29 is 9.26 Å². The van der Waals surface area contributed by atoms with E-state index in [1.165, 1.54) is 0 Å². The van der Waals surface area contributed by atoms with Crippen LogP contribution in [0.1, 0.15) is 24.2 Å². The van der Waals surface area contributed by atoms with Gasteiger partial charge in [0, 0.05) is 24.1 Å². The van der Waals surface area contributed by atoms with E-state index in [1.54, 1.807) is 13.2 Å². The molecule has 0 saturated carbocycles. The number of likely N-dealkylation sites (N-methyl/N-ethyl adjacent to an activating group) is 1. The highest BCUT2D eigenvalue weighted by atomic mass is 35.5. The number of halogens is 1. The molecule has 0 saturated heterocycles.